The molecule has 1 aromatic heterocycles. The quantitative estimate of drug-likeness (QED) is 0.921. The fraction of sp³-hybridized carbons (Fsp3) is 0.421. The maximum absolute atomic E-state index is 5.28. The predicted octanol–water partition coefficient (Wildman–Crippen LogP) is 2.86. The van der Waals surface area contributed by atoms with Crippen molar-refractivity contribution in [2.24, 2.45) is 0 Å². The van der Waals surface area contributed by atoms with Gasteiger partial charge in [-0.2, -0.15) is 0 Å². The normalized spacial score (nSPS) is 17.8. The van der Waals surface area contributed by atoms with Gasteiger partial charge in [-0.25, -0.2) is 0 Å². The average molecular weight is 311 g/mol. The Bertz CT molecular complexity index is 592. The number of nitrogens with zero attached hydrogens (tertiary/aromatic N) is 2. The Labute approximate surface area is 138 Å². The molecule has 3 rings (SSSR count). The lowest BCUT2D eigenvalue weighted by atomic mass is 9.96. The summed E-state index contributed by atoms with van der Waals surface area (Å²) in [4.78, 5) is 6.55. The molecule has 1 atom stereocenters. The van der Waals surface area contributed by atoms with Crippen LogP contribution in [0.15, 0.2) is 48.8 Å². The van der Waals surface area contributed by atoms with Crippen LogP contribution in [-0.2, 0) is 0 Å². The zero-order chi connectivity index (χ0) is 16.1. The number of ether oxygens (including phenoxy) is 1. The SMILES string of the molecule is COc1ccc(C(NC2CCN(C)CC2)c2ccncc2)cc1. The van der Waals surface area contributed by atoms with Crippen LogP contribution in [0.1, 0.15) is 30.0 Å². The van der Waals surface area contributed by atoms with E-state index in [1.165, 1.54) is 24.0 Å². The van der Waals surface area contributed by atoms with E-state index < -0.39 is 0 Å². The van der Waals surface area contributed by atoms with Crippen molar-refractivity contribution in [2.45, 2.75) is 24.9 Å². The molecule has 0 saturated carbocycles. The summed E-state index contributed by atoms with van der Waals surface area (Å²) in [5.41, 5.74) is 2.51. The largest absolute Gasteiger partial charge is 0.497 e. The van der Waals surface area contributed by atoms with Crippen LogP contribution in [0.4, 0.5) is 0 Å². The molecule has 1 aliphatic heterocycles. The monoisotopic (exact) mass is 311 g/mol. The number of pyridine rings is 1. The lowest BCUT2D eigenvalue weighted by Crippen LogP contribution is -2.42. The van der Waals surface area contributed by atoms with Crippen molar-refractivity contribution in [1.82, 2.24) is 15.2 Å². The van der Waals surface area contributed by atoms with Crippen LogP contribution in [0.3, 0.4) is 0 Å². The van der Waals surface area contributed by atoms with Crippen LogP contribution in [0, 0.1) is 0 Å². The van der Waals surface area contributed by atoms with Gasteiger partial charge in [-0.3, -0.25) is 4.98 Å². The van der Waals surface area contributed by atoms with Crippen LogP contribution in [0.2, 0.25) is 0 Å². The molecule has 2 heterocycles. The first-order chi connectivity index (χ1) is 11.3. The van der Waals surface area contributed by atoms with E-state index in [0.29, 0.717) is 6.04 Å². The number of benzene rings is 1. The molecule has 1 aromatic carbocycles. The molecule has 0 amide bonds. The van der Waals surface area contributed by atoms with Gasteiger partial charge in [0, 0.05) is 18.4 Å². The highest BCUT2D eigenvalue weighted by atomic mass is 16.5. The molecule has 1 N–H and O–H groups in total. The Morgan fingerprint density at radius 2 is 1.65 bits per heavy atom. The second kappa shape index (κ2) is 7.57. The molecular formula is C19H25N3O. The third kappa shape index (κ3) is 4.09. The lowest BCUT2D eigenvalue weighted by molar-refractivity contribution is 0.229. The van der Waals surface area contributed by atoms with Crippen LogP contribution >= 0.6 is 0 Å². The van der Waals surface area contributed by atoms with Gasteiger partial charge in [-0.05, 0) is 68.4 Å². The fourth-order valence-corrected chi connectivity index (χ4v) is 3.15. The number of methoxy groups -OCH3 is 1. The standard InChI is InChI=1S/C19H25N3O/c1-22-13-9-17(10-14-22)21-19(16-7-11-20-12-8-16)15-3-5-18(23-2)6-4-15/h3-8,11-12,17,19,21H,9-10,13-14H2,1-2H3. The van der Waals surface area contributed by atoms with Gasteiger partial charge in [0.1, 0.15) is 5.75 Å². The van der Waals surface area contributed by atoms with E-state index in [1.807, 2.05) is 24.5 Å². The molecule has 0 bridgehead atoms. The topological polar surface area (TPSA) is 37.4 Å². The van der Waals surface area contributed by atoms with E-state index in [1.54, 1.807) is 7.11 Å². The molecule has 122 valence electrons. The highest BCUT2D eigenvalue weighted by Gasteiger charge is 2.22. The second-order valence-electron chi connectivity index (χ2n) is 6.23. The lowest BCUT2D eigenvalue weighted by Gasteiger charge is -2.33. The Morgan fingerprint density at radius 3 is 2.26 bits per heavy atom. The summed E-state index contributed by atoms with van der Waals surface area (Å²) in [6.45, 7) is 2.31. The van der Waals surface area contributed by atoms with Gasteiger partial charge in [0.05, 0.1) is 13.2 Å². The van der Waals surface area contributed by atoms with E-state index in [2.05, 4.69) is 46.5 Å². The van der Waals surface area contributed by atoms with E-state index >= 15 is 0 Å². The number of hydrogen-bond acceptors (Lipinski definition) is 4. The van der Waals surface area contributed by atoms with Crippen LogP contribution in [0.25, 0.3) is 0 Å². The molecule has 0 aliphatic carbocycles. The molecular weight excluding hydrogens is 286 g/mol. The summed E-state index contributed by atoms with van der Waals surface area (Å²) in [6.07, 6.45) is 6.10. The first kappa shape index (κ1) is 16.0. The van der Waals surface area contributed by atoms with Gasteiger partial charge < -0.3 is 15.0 Å². The number of likely N-dealkylation sites (tertiary alicyclic amines) is 1. The van der Waals surface area contributed by atoms with Gasteiger partial charge in [0.25, 0.3) is 0 Å². The van der Waals surface area contributed by atoms with Crippen molar-refractivity contribution in [3.63, 3.8) is 0 Å². The summed E-state index contributed by atoms with van der Waals surface area (Å²) in [5, 5.41) is 3.85. The number of rotatable bonds is 5. The number of aromatic nitrogens is 1. The Balaban J connectivity index is 1.81. The first-order valence-electron chi connectivity index (χ1n) is 8.25. The number of piperidine rings is 1. The average Bonchev–Trinajstić information content (AvgIpc) is 2.62. The van der Waals surface area contributed by atoms with E-state index in [-0.39, 0.29) is 6.04 Å². The minimum atomic E-state index is 0.192. The van der Waals surface area contributed by atoms with Crippen LogP contribution < -0.4 is 10.1 Å². The minimum Gasteiger partial charge on any atom is -0.497 e. The summed E-state index contributed by atoms with van der Waals surface area (Å²) < 4.78 is 5.28. The minimum absolute atomic E-state index is 0.192. The van der Waals surface area contributed by atoms with Crippen molar-refractivity contribution in [3.05, 3.63) is 59.9 Å². The first-order valence-corrected chi connectivity index (χ1v) is 8.25. The maximum atomic E-state index is 5.28. The zero-order valence-corrected chi connectivity index (χ0v) is 13.9. The Kier molecular flexibility index (Phi) is 5.26. The molecule has 2 aromatic rings. The number of hydrogen-bond donors (Lipinski definition) is 1. The highest BCUT2D eigenvalue weighted by Crippen LogP contribution is 2.25. The summed E-state index contributed by atoms with van der Waals surface area (Å²) in [7, 11) is 3.90. The Hall–Kier alpha value is -1.91. The molecule has 23 heavy (non-hydrogen) atoms. The summed E-state index contributed by atoms with van der Waals surface area (Å²) in [6, 6.07) is 13.3. The third-order valence-electron chi connectivity index (χ3n) is 4.61. The molecule has 1 saturated heterocycles. The van der Waals surface area contributed by atoms with Crippen molar-refractivity contribution in [1.29, 1.82) is 0 Å². The Morgan fingerprint density at radius 1 is 1.04 bits per heavy atom. The van der Waals surface area contributed by atoms with E-state index in [0.717, 1.165) is 18.8 Å². The zero-order valence-electron chi connectivity index (χ0n) is 13.9. The van der Waals surface area contributed by atoms with Crippen LogP contribution in [0.5, 0.6) is 5.75 Å². The molecule has 4 nitrogen and oxygen atoms in total. The second-order valence-corrected chi connectivity index (χ2v) is 6.23. The van der Waals surface area contributed by atoms with Gasteiger partial charge in [-0.1, -0.05) is 12.1 Å². The molecule has 4 heteroatoms. The van der Waals surface area contributed by atoms with Gasteiger partial charge >= 0.3 is 0 Å². The van der Waals surface area contributed by atoms with E-state index in [4.69, 9.17) is 4.74 Å². The smallest absolute Gasteiger partial charge is 0.118 e. The molecule has 1 fully saturated rings. The molecule has 0 radical (unpaired) electrons. The van der Waals surface area contributed by atoms with Gasteiger partial charge in [0.15, 0.2) is 0 Å². The molecule has 1 unspecified atom stereocenters. The van der Waals surface area contributed by atoms with Crippen molar-refractivity contribution < 1.29 is 4.74 Å². The summed E-state index contributed by atoms with van der Waals surface area (Å²) >= 11 is 0. The van der Waals surface area contributed by atoms with Crippen molar-refractivity contribution in [2.75, 3.05) is 27.2 Å². The van der Waals surface area contributed by atoms with Crippen molar-refractivity contribution in [3.8, 4) is 5.75 Å². The number of nitrogens with one attached hydrogen (secondary N) is 1. The highest BCUT2D eigenvalue weighted by molar-refractivity contribution is 5.35. The van der Waals surface area contributed by atoms with Gasteiger partial charge in [-0.15, -0.1) is 0 Å². The van der Waals surface area contributed by atoms with Crippen molar-refractivity contribution >= 4 is 0 Å². The molecule has 1 aliphatic rings. The maximum Gasteiger partial charge on any atom is 0.118 e. The third-order valence-corrected chi connectivity index (χ3v) is 4.61. The van der Waals surface area contributed by atoms with E-state index in [9.17, 15) is 0 Å². The molecule has 0 spiro atoms. The fourth-order valence-electron chi connectivity index (χ4n) is 3.15. The summed E-state index contributed by atoms with van der Waals surface area (Å²) in [5.74, 6) is 0.890. The van der Waals surface area contributed by atoms with Gasteiger partial charge in [0.2, 0.25) is 0 Å². The predicted molar refractivity (Wildman–Crippen MR) is 92.7 cm³/mol. The van der Waals surface area contributed by atoms with Crippen LogP contribution in [-0.4, -0.2) is 43.2 Å².